The van der Waals surface area contributed by atoms with E-state index in [1.807, 2.05) is 6.20 Å². The lowest BCUT2D eigenvalue weighted by atomic mass is 9.78. The largest absolute Gasteiger partial charge is 0.356 e. The van der Waals surface area contributed by atoms with Crippen LogP contribution in [0.15, 0.2) is 18.6 Å². The molecule has 4 nitrogen and oxygen atoms in total. The van der Waals surface area contributed by atoms with Gasteiger partial charge < -0.3 is 9.88 Å². The van der Waals surface area contributed by atoms with Gasteiger partial charge in [-0.3, -0.25) is 0 Å². The van der Waals surface area contributed by atoms with Crippen molar-refractivity contribution in [3.63, 3.8) is 0 Å². The summed E-state index contributed by atoms with van der Waals surface area (Å²) in [7, 11) is 2.14. The fraction of sp³-hybridized carbons (Fsp3) is 0.538. The Morgan fingerprint density at radius 3 is 3.00 bits per heavy atom. The van der Waals surface area contributed by atoms with Crippen LogP contribution < -0.4 is 4.90 Å². The van der Waals surface area contributed by atoms with Crippen molar-refractivity contribution in [2.45, 2.75) is 32.2 Å². The molecule has 0 aromatic carbocycles. The van der Waals surface area contributed by atoms with Gasteiger partial charge in [0.2, 0.25) is 0 Å². The molecule has 4 heteroatoms. The number of nitrogens with one attached hydrogen (secondary N) is 1. The molecule has 1 saturated carbocycles. The van der Waals surface area contributed by atoms with Crippen molar-refractivity contribution in [3.05, 3.63) is 18.6 Å². The minimum Gasteiger partial charge on any atom is -0.356 e. The van der Waals surface area contributed by atoms with Crippen LogP contribution in [-0.4, -0.2) is 28.0 Å². The number of anilines is 1. The van der Waals surface area contributed by atoms with Gasteiger partial charge in [-0.2, -0.15) is 0 Å². The SMILES string of the molecule is CC[C@H]1C[C@@H](N(C)c2ncnc3[nH]ccc23)C1. The van der Waals surface area contributed by atoms with Gasteiger partial charge in [-0.25, -0.2) is 9.97 Å². The van der Waals surface area contributed by atoms with Gasteiger partial charge in [0.1, 0.15) is 17.8 Å². The summed E-state index contributed by atoms with van der Waals surface area (Å²) >= 11 is 0. The molecule has 0 amide bonds. The molecular weight excluding hydrogens is 212 g/mol. The summed E-state index contributed by atoms with van der Waals surface area (Å²) in [6, 6.07) is 2.70. The number of nitrogens with zero attached hydrogens (tertiary/aromatic N) is 3. The topological polar surface area (TPSA) is 44.8 Å². The smallest absolute Gasteiger partial charge is 0.142 e. The van der Waals surface area contributed by atoms with Crippen molar-refractivity contribution >= 4 is 16.9 Å². The van der Waals surface area contributed by atoms with Crippen LogP contribution >= 0.6 is 0 Å². The maximum absolute atomic E-state index is 4.43. The average molecular weight is 230 g/mol. The molecule has 2 heterocycles. The molecule has 1 N–H and O–H groups in total. The predicted molar refractivity (Wildman–Crippen MR) is 69.1 cm³/mol. The molecule has 0 aliphatic heterocycles. The van der Waals surface area contributed by atoms with Crippen LogP contribution in [0.25, 0.3) is 11.0 Å². The van der Waals surface area contributed by atoms with Crippen molar-refractivity contribution in [3.8, 4) is 0 Å². The first kappa shape index (κ1) is 10.6. The minimum absolute atomic E-state index is 0.646. The zero-order chi connectivity index (χ0) is 11.8. The molecular formula is C13H18N4. The Morgan fingerprint density at radius 1 is 1.41 bits per heavy atom. The molecule has 1 aliphatic rings. The summed E-state index contributed by atoms with van der Waals surface area (Å²) in [4.78, 5) is 14.1. The predicted octanol–water partition coefficient (Wildman–Crippen LogP) is 2.58. The molecule has 0 unspecified atom stereocenters. The highest BCUT2D eigenvalue weighted by atomic mass is 15.2. The zero-order valence-electron chi connectivity index (χ0n) is 10.3. The Hall–Kier alpha value is -1.58. The molecule has 1 fully saturated rings. The van der Waals surface area contributed by atoms with Gasteiger partial charge in [-0.15, -0.1) is 0 Å². The lowest BCUT2D eigenvalue weighted by Crippen LogP contribution is -2.42. The third kappa shape index (κ3) is 1.68. The van der Waals surface area contributed by atoms with Crippen LogP contribution in [0.2, 0.25) is 0 Å². The summed E-state index contributed by atoms with van der Waals surface area (Å²) < 4.78 is 0. The quantitative estimate of drug-likeness (QED) is 0.881. The zero-order valence-corrected chi connectivity index (χ0v) is 10.3. The fourth-order valence-corrected chi connectivity index (χ4v) is 2.66. The van der Waals surface area contributed by atoms with E-state index in [0.29, 0.717) is 6.04 Å². The lowest BCUT2D eigenvalue weighted by Gasteiger charge is -2.41. The summed E-state index contributed by atoms with van der Waals surface area (Å²) in [6.45, 7) is 2.27. The Bertz CT molecular complexity index is 513. The first-order valence-corrected chi connectivity index (χ1v) is 6.30. The van der Waals surface area contributed by atoms with Crippen LogP contribution in [0.1, 0.15) is 26.2 Å². The van der Waals surface area contributed by atoms with E-state index in [2.05, 4.69) is 39.9 Å². The van der Waals surface area contributed by atoms with Crippen LogP contribution in [-0.2, 0) is 0 Å². The monoisotopic (exact) mass is 230 g/mol. The van der Waals surface area contributed by atoms with Crippen LogP contribution in [0, 0.1) is 5.92 Å². The van der Waals surface area contributed by atoms with E-state index in [1.54, 1.807) is 6.33 Å². The van der Waals surface area contributed by atoms with Crippen molar-refractivity contribution in [1.82, 2.24) is 15.0 Å². The maximum Gasteiger partial charge on any atom is 0.142 e. The average Bonchev–Trinajstić information content (AvgIpc) is 2.74. The van der Waals surface area contributed by atoms with E-state index in [-0.39, 0.29) is 0 Å². The van der Waals surface area contributed by atoms with E-state index in [9.17, 15) is 0 Å². The standard InChI is InChI=1S/C13H18N4/c1-3-9-6-10(7-9)17(2)13-11-4-5-14-12(11)15-8-16-13/h4-5,8-10H,3,6-7H2,1-2H3,(H,14,15,16)/t9-,10+. The molecule has 2 aromatic rings. The van der Waals surface area contributed by atoms with E-state index in [1.165, 1.54) is 19.3 Å². The highest BCUT2D eigenvalue weighted by Gasteiger charge is 2.31. The second kappa shape index (κ2) is 4.02. The second-order valence-electron chi connectivity index (χ2n) is 4.95. The van der Waals surface area contributed by atoms with Crippen molar-refractivity contribution in [2.24, 2.45) is 5.92 Å². The second-order valence-corrected chi connectivity index (χ2v) is 4.95. The number of rotatable bonds is 3. The summed E-state index contributed by atoms with van der Waals surface area (Å²) in [5.74, 6) is 1.96. The molecule has 2 aromatic heterocycles. The highest BCUT2D eigenvalue weighted by molar-refractivity contribution is 5.87. The number of hydrogen-bond acceptors (Lipinski definition) is 3. The van der Waals surface area contributed by atoms with Gasteiger partial charge in [-0.05, 0) is 24.8 Å². The summed E-state index contributed by atoms with van der Waals surface area (Å²) in [5.41, 5.74) is 0.924. The maximum atomic E-state index is 4.43. The normalized spacial score (nSPS) is 23.6. The molecule has 1 aliphatic carbocycles. The lowest BCUT2D eigenvalue weighted by molar-refractivity contribution is 0.250. The van der Waals surface area contributed by atoms with Gasteiger partial charge in [-0.1, -0.05) is 13.3 Å². The first-order chi connectivity index (χ1) is 8.29. The number of H-pyrrole nitrogens is 1. The molecule has 0 saturated heterocycles. The Labute approximate surface area is 101 Å². The highest BCUT2D eigenvalue weighted by Crippen LogP contribution is 2.36. The summed E-state index contributed by atoms with van der Waals surface area (Å²) in [6.07, 6.45) is 7.45. The molecule has 3 rings (SSSR count). The first-order valence-electron chi connectivity index (χ1n) is 6.30. The van der Waals surface area contributed by atoms with Gasteiger partial charge in [0.15, 0.2) is 0 Å². The number of aromatic nitrogens is 3. The van der Waals surface area contributed by atoms with Gasteiger partial charge in [0.05, 0.1) is 5.39 Å². The molecule has 0 radical (unpaired) electrons. The van der Waals surface area contributed by atoms with Crippen molar-refractivity contribution in [1.29, 1.82) is 0 Å². The number of hydrogen-bond donors (Lipinski definition) is 1. The van der Waals surface area contributed by atoms with Crippen LogP contribution in [0.5, 0.6) is 0 Å². The third-order valence-electron chi connectivity index (χ3n) is 4.00. The summed E-state index contributed by atoms with van der Waals surface area (Å²) in [5, 5.41) is 1.12. The van der Waals surface area contributed by atoms with E-state index in [0.717, 1.165) is 22.8 Å². The van der Waals surface area contributed by atoms with Crippen molar-refractivity contribution < 1.29 is 0 Å². The van der Waals surface area contributed by atoms with E-state index >= 15 is 0 Å². The minimum atomic E-state index is 0.646. The molecule has 90 valence electrons. The van der Waals surface area contributed by atoms with Gasteiger partial charge in [0, 0.05) is 19.3 Å². The van der Waals surface area contributed by atoms with Crippen LogP contribution in [0.3, 0.4) is 0 Å². The Balaban J connectivity index is 1.86. The third-order valence-corrected chi connectivity index (χ3v) is 4.00. The van der Waals surface area contributed by atoms with E-state index < -0.39 is 0 Å². The van der Waals surface area contributed by atoms with Crippen molar-refractivity contribution in [2.75, 3.05) is 11.9 Å². The van der Waals surface area contributed by atoms with E-state index in [4.69, 9.17) is 0 Å². The molecule has 0 bridgehead atoms. The fourth-order valence-electron chi connectivity index (χ4n) is 2.66. The molecule has 0 spiro atoms. The molecule has 0 atom stereocenters. The van der Waals surface area contributed by atoms with Gasteiger partial charge >= 0.3 is 0 Å². The Morgan fingerprint density at radius 2 is 2.24 bits per heavy atom. The Kier molecular flexibility index (Phi) is 2.50. The molecule has 17 heavy (non-hydrogen) atoms. The number of aromatic amines is 1. The van der Waals surface area contributed by atoms with Crippen LogP contribution in [0.4, 0.5) is 5.82 Å². The van der Waals surface area contributed by atoms with Gasteiger partial charge in [0.25, 0.3) is 0 Å². The number of fused-ring (bicyclic) bond motifs is 1.